The number of carbonyl (C=O) groups excluding carboxylic acids is 1. The van der Waals surface area contributed by atoms with Crippen LogP contribution in [-0.4, -0.2) is 75.9 Å². The molecule has 1 spiro atoms. The zero-order valence-electron chi connectivity index (χ0n) is 15.2. The van der Waals surface area contributed by atoms with Crippen molar-refractivity contribution >= 4 is 5.91 Å². The minimum Gasteiger partial charge on any atom is -0.342 e. The number of amides is 1. The number of hydrogen-bond donors (Lipinski definition) is 0. The highest BCUT2D eigenvalue weighted by Gasteiger charge is 2.42. The van der Waals surface area contributed by atoms with Crippen LogP contribution in [0, 0.1) is 5.92 Å². The Bertz CT molecular complexity index is 605. The van der Waals surface area contributed by atoms with Crippen LogP contribution in [0.3, 0.4) is 0 Å². The number of likely N-dealkylation sites (N-methyl/N-ethyl adjacent to an activating group) is 1. The Hall–Kier alpha value is -1.53. The van der Waals surface area contributed by atoms with Gasteiger partial charge in [0.05, 0.1) is 6.54 Å². The van der Waals surface area contributed by atoms with E-state index < -0.39 is 0 Å². The Kier molecular flexibility index (Phi) is 4.73. The van der Waals surface area contributed by atoms with Gasteiger partial charge in [-0.15, -0.1) is 0 Å². The van der Waals surface area contributed by atoms with Crippen LogP contribution in [0.4, 0.5) is 0 Å². The quantitative estimate of drug-likeness (QED) is 0.827. The Labute approximate surface area is 150 Å². The lowest BCUT2D eigenvalue weighted by molar-refractivity contribution is -0.131. The average molecular weight is 343 g/mol. The Morgan fingerprint density at radius 3 is 2.72 bits per heavy atom. The van der Waals surface area contributed by atoms with E-state index >= 15 is 0 Å². The summed E-state index contributed by atoms with van der Waals surface area (Å²) >= 11 is 0. The molecule has 0 bridgehead atoms. The molecule has 0 radical (unpaired) electrons. The molecule has 25 heavy (non-hydrogen) atoms. The molecule has 1 aliphatic carbocycles. The standard InChI is InChI=1S/C19H29N5O/c1-22-11-12-23(14-17-20-8-2-9-21-17)15-19(22)6-5-18(25)24(10-7-19)13-16-3-4-16/h2,8-9,16H,3-7,10-15H2,1H3. The fraction of sp³-hybridized carbons (Fsp3) is 0.737. The summed E-state index contributed by atoms with van der Waals surface area (Å²) in [5.41, 5.74) is 0.112. The van der Waals surface area contributed by atoms with Gasteiger partial charge in [0.15, 0.2) is 0 Å². The summed E-state index contributed by atoms with van der Waals surface area (Å²) < 4.78 is 0. The van der Waals surface area contributed by atoms with Crippen LogP contribution in [0.5, 0.6) is 0 Å². The molecule has 1 amide bonds. The van der Waals surface area contributed by atoms with Gasteiger partial charge in [0.2, 0.25) is 5.91 Å². The molecule has 1 aromatic heterocycles. The van der Waals surface area contributed by atoms with Gasteiger partial charge in [0.25, 0.3) is 0 Å². The lowest BCUT2D eigenvalue weighted by Gasteiger charge is -2.49. The molecule has 2 aliphatic heterocycles. The van der Waals surface area contributed by atoms with Crippen LogP contribution < -0.4 is 0 Å². The first-order chi connectivity index (χ1) is 12.1. The molecule has 3 heterocycles. The third-order valence-electron chi connectivity index (χ3n) is 6.24. The maximum absolute atomic E-state index is 12.6. The zero-order chi connectivity index (χ0) is 17.3. The van der Waals surface area contributed by atoms with E-state index in [1.54, 1.807) is 0 Å². The molecule has 3 fully saturated rings. The molecule has 1 unspecified atom stereocenters. The molecule has 3 aliphatic rings. The SMILES string of the molecule is CN1CCN(Cc2ncccn2)CC12CCC(=O)N(CC1CC1)CC2. The van der Waals surface area contributed by atoms with Crippen LogP contribution in [0.2, 0.25) is 0 Å². The van der Waals surface area contributed by atoms with Crippen LogP contribution in [0.1, 0.15) is 37.9 Å². The van der Waals surface area contributed by atoms with Crippen molar-refractivity contribution in [3.63, 3.8) is 0 Å². The summed E-state index contributed by atoms with van der Waals surface area (Å²) in [5.74, 6) is 2.02. The largest absolute Gasteiger partial charge is 0.342 e. The van der Waals surface area contributed by atoms with E-state index in [1.807, 2.05) is 18.5 Å². The maximum atomic E-state index is 12.6. The van der Waals surface area contributed by atoms with E-state index in [1.165, 1.54) is 12.8 Å². The van der Waals surface area contributed by atoms with Crippen LogP contribution in [0.15, 0.2) is 18.5 Å². The Balaban J connectivity index is 1.43. The normalized spacial score (nSPS) is 29.2. The Morgan fingerprint density at radius 1 is 1.16 bits per heavy atom. The summed E-state index contributed by atoms with van der Waals surface area (Å²) in [6, 6.07) is 1.86. The fourth-order valence-corrected chi connectivity index (χ4v) is 4.33. The fourth-order valence-electron chi connectivity index (χ4n) is 4.33. The molecule has 6 nitrogen and oxygen atoms in total. The highest BCUT2D eigenvalue weighted by Crippen LogP contribution is 2.35. The summed E-state index contributed by atoms with van der Waals surface area (Å²) in [7, 11) is 2.23. The minimum atomic E-state index is 0.112. The number of carbonyl (C=O) groups is 1. The molecule has 0 aromatic carbocycles. The predicted molar refractivity (Wildman–Crippen MR) is 95.8 cm³/mol. The number of rotatable bonds is 4. The van der Waals surface area contributed by atoms with Crippen molar-refractivity contribution in [1.82, 2.24) is 24.7 Å². The first kappa shape index (κ1) is 16.9. The molecule has 0 N–H and O–H groups in total. The third kappa shape index (κ3) is 3.85. The monoisotopic (exact) mass is 343 g/mol. The van der Waals surface area contributed by atoms with Gasteiger partial charge in [0, 0.05) is 57.1 Å². The molecular weight excluding hydrogens is 314 g/mol. The van der Waals surface area contributed by atoms with Gasteiger partial charge in [-0.25, -0.2) is 9.97 Å². The number of nitrogens with zero attached hydrogens (tertiary/aromatic N) is 5. The first-order valence-electron chi connectivity index (χ1n) is 9.62. The van der Waals surface area contributed by atoms with Crippen molar-refractivity contribution < 1.29 is 4.79 Å². The third-order valence-corrected chi connectivity index (χ3v) is 6.24. The summed E-state index contributed by atoms with van der Waals surface area (Å²) in [5, 5.41) is 0. The number of aromatic nitrogens is 2. The molecule has 1 saturated carbocycles. The lowest BCUT2D eigenvalue weighted by atomic mass is 9.86. The van der Waals surface area contributed by atoms with Crippen molar-refractivity contribution in [3.05, 3.63) is 24.3 Å². The zero-order valence-corrected chi connectivity index (χ0v) is 15.2. The van der Waals surface area contributed by atoms with E-state index in [-0.39, 0.29) is 5.54 Å². The molecule has 2 saturated heterocycles. The van der Waals surface area contributed by atoms with E-state index in [0.29, 0.717) is 12.3 Å². The van der Waals surface area contributed by atoms with E-state index in [9.17, 15) is 4.79 Å². The number of piperazine rings is 1. The van der Waals surface area contributed by atoms with Gasteiger partial charge in [-0.2, -0.15) is 0 Å². The van der Waals surface area contributed by atoms with Crippen molar-refractivity contribution in [2.45, 2.75) is 44.2 Å². The van der Waals surface area contributed by atoms with Crippen molar-refractivity contribution in [1.29, 1.82) is 0 Å². The second-order valence-electron chi connectivity index (χ2n) is 8.05. The summed E-state index contributed by atoms with van der Waals surface area (Å²) in [6.07, 6.45) is 8.97. The Morgan fingerprint density at radius 2 is 1.96 bits per heavy atom. The smallest absolute Gasteiger partial charge is 0.222 e. The average Bonchev–Trinajstić information content (AvgIpc) is 3.45. The minimum absolute atomic E-state index is 0.112. The molecule has 4 rings (SSSR count). The topological polar surface area (TPSA) is 52.6 Å². The van der Waals surface area contributed by atoms with Crippen LogP contribution in [-0.2, 0) is 11.3 Å². The lowest BCUT2D eigenvalue weighted by Crippen LogP contribution is -2.60. The van der Waals surface area contributed by atoms with Gasteiger partial charge in [0.1, 0.15) is 5.82 Å². The second-order valence-corrected chi connectivity index (χ2v) is 8.05. The molecular formula is C19H29N5O. The van der Waals surface area contributed by atoms with Gasteiger partial charge < -0.3 is 4.90 Å². The van der Waals surface area contributed by atoms with Crippen molar-refractivity contribution in [2.24, 2.45) is 5.92 Å². The molecule has 1 aromatic rings. The van der Waals surface area contributed by atoms with Crippen LogP contribution >= 0.6 is 0 Å². The van der Waals surface area contributed by atoms with E-state index in [2.05, 4.69) is 31.7 Å². The highest BCUT2D eigenvalue weighted by atomic mass is 16.2. The van der Waals surface area contributed by atoms with Crippen LogP contribution in [0.25, 0.3) is 0 Å². The van der Waals surface area contributed by atoms with Gasteiger partial charge in [-0.05, 0) is 44.7 Å². The van der Waals surface area contributed by atoms with Gasteiger partial charge in [-0.1, -0.05) is 0 Å². The molecule has 1 atom stereocenters. The highest BCUT2D eigenvalue weighted by molar-refractivity contribution is 5.76. The number of hydrogen-bond acceptors (Lipinski definition) is 5. The van der Waals surface area contributed by atoms with Crippen molar-refractivity contribution in [3.8, 4) is 0 Å². The van der Waals surface area contributed by atoms with Gasteiger partial charge >= 0.3 is 0 Å². The maximum Gasteiger partial charge on any atom is 0.222 e. The van der Waals surface area contributed by atoms with E-state index in [0.717, 1.165) is 63.9 Å². The number of likely N-dealkylation sites (tertiary alicyclic amines) is 1. The summed E-state index contributed by atoms with van der Waals surface area (Å²) in [6.45, 7) is 5.79. The molecule has 6 heteroatoms. The van der Waals surface area contributed by atoms with E-state index in [4.69, 9.17) is 0 Å². The summed E-state index contributed by atoms with van der Waals surface area (Å²) in [4.78, 5) is 28.4. The molecule has 136 valence electrons. The second kappa shape index (κ2) is 7.00. The predicted octanol–water partition coefficient (Wildman–Crippen LogP) is 1.39. The van der Waals surface area contributed by atoms with Crippen molar-refractivity contribution in [2.75, 3.05) is 39.8 Å². The van der Waals surface area contributed by atoms with Gasteiger partial charge in [-0.3, -0.25) is 14.6 Å². The first-order valence-corrected chi connectivity index (χ1v) is 9.62.